The summed E-state index contributed by atoms with van der Waals surface area (Å²) in [5.74, 6) is 1.84. The molecular formula is C32H44FNO. The highest BCUT2D eigenvalue weighted by molar-refractivity contribution is 5.65. The number of aliphatic hydroxyl groups is 1. The standard InChI is InChI=1S/C32H44FNO/c1-3-5-6-7-23-8-10-26(11-9-23)28-18-21-30(31(33)22-28)27-14-12-24(13-15-27)25-16-19-29(20-17-25)34-32(35)4-2/h4,12-15,18,21-23,25-26,29,32,34-35H,2-3,5-11,16-17,19-20H2,1H3. The van der Waals surface area contributed by atoms with E-state index in [2.05, 4.69) is 49.2 Å². The Morgan fingerprint density at radius 3 is 2.17 bits per heavy atom. The molecule has 0 amide bonds. The topological polar surface area (TPSA) is 32.3 Å². The Hall–Kier alpha value is -1.97. The fraction of sp³-hybridized carbons (Fsp3) is 0.562. The number of benzene rings is 2. The molecule has 2 aromatic rings. The summed E-state index contributed by atoms with van der Waals surface area (Å²) in [6.45, 7) is 5.90. The van der Waals surface area contributed by atoms with Gasteiger partial charge in [-0.3, -0.25) is 5.32 Å². The average Bonchev–Trinajstić information content (AvgIpc) is 2.90. The zero-order chi connectivity index (χ0) is 24.6. The van der Waals surface area contributed by atoms with Crippen LogP contribution in [0.1, 0.15) is 107 Å². The minimum absolute atomic E-state index is 0.0901. The molecule has 0 bridgehead atoms. The van der Waals surface area contributed by atoms with Crippen LogP contribution >= 0.6 is 0 Å². The summed E-state index contributed by atoms with van der Waals surface area (Å²) in [6.07, 6.45) is 15.6. The SMILES string of the molecule is C=CC(O)NC1CCC(c2ccc(-c3ccc(C4CCC(CCCCC)CC4)cc3F)cc2)CC1. The van der Waals surface area contributed by atoms with Gasteiger partial charge in [0.25, 0.3) is 0 Å². The molecule has 1 unspecified atom stereocenters. The van der Waals surface area contributed by atoms with Crippen LogP contribution in [0.4, 0.5) is 4.39 Å². The van der Waals surface area contributed by atoms with E-state index in [1.54, 1.807) is 6.07 Å². The first kappa shape index (κ1) is 26.1. The Morgan fingerprint density at radius 1 is 0.914 bits per heavy atom. The van der Waals surface area contributed by atoms with Gasteiger partial charge < -0.3 is 5.11 Å². The summed E-state index contributed by atoms with van der Waals surface area (Å²) < 4.78 is 15.2. The van der Waals surface area contributed by atoms with Crippen molar-refractivity contribution in [2.75, 3.05) is 0 Å². The van der Waals surface area contributed by atoms with Crippen LogP contribution in [0.15, 0.2) is 55.1 Å². The molecule has 35 heavy (non-hydrogen) atoms. The minimum atomic E-state index is -0.623. The van der Waals surface area contributed by atoms with E-state index in [4.69, 9.17) is 0 Å². The van der Waals surface area contributed by atoms with Gasteiger partial charge >= 0.3 is 0 Å². The van der Waals surface area contributed by atoms with E-state index in [1.165, 1.54) is 68.6 Å². The molecule has 0 spiro atoms. The van der Waals surface area contributed by atoms with E-state index < -0.39 is 6.23 Å². The molecule has 2 aliphatic rings. The Labute approximate surface area is 212 Å². The van der Waals surface area contributed by atoms with Gasteiger partial charge in [-0.25, -0.2) is 4.39 Å². The number of nitrogens with one attached hydrogen (secondary N) is 1. The normalized spacial score (nSPS) is 25.8. The van der Waals surface area contributed by atoms with Crippen LogP contribution in [0.5, 0.6) is 0 Å². The molecule has 2 N–H and O–H groups in total. The fourth-order valence-corrected chi connectivity index (χ4v) is 6.32. The molecule has 4 rings (SSSR count). The van der Waals surface area contributed by atoms with Crippen molar-refractivity contribution in [3.05, 3.63) is 72.1 Å². The molecule has 0 aromatic heterocycles. The first-order chi connectivity index (χ1) is 17.1. The van der Waals surface area contributed by atoms with Crippen molar-refractivity contribution in [1.82, 2.24) is 5.32 Å². The lowest BCUT2D eigenvalue weighted by Gasteiger charge is -2.30. The first-order valence-corrected chi connectivity index (χ1v) is 14.0. The van der Waals surface area contributed by atoms with E-state index in [1.807, 2.05) is 6.07 Å². The fourth-order valence-electron chi connectivity index (χ4n) is 6.32. The van der Waals surface area contributed by atoms with Crippen molar-refractivity contribution >= 4 is 0 Å². The van der Waals surface area contributed by atoms with E-state index in [0.29, 0.717) is 23.4 Å². The van der Waals surface area contributed by atoms with Gasteiger partial charge in [0.15, 0.2) is 0 Å². The van der Waals surface area contributed by atoms with Crippen molar-refractivity contribution in [3.8, 4) is 11.1 Å². The Balaban J connectivity index is 1.32. The summed E-state index contributed by atoms with van der Waals surface area (Å²) in [5, 5.41) is 12.9. The zero-order valence-electron chi connectivity index (χ0n) is 21.5. The molecule has 190 valence electrons. The van der Waals surface area contributed by atoms with Crippen LogP contribution < -0.4 is 5.32 Å². The lowest BCUT2D eigenvalue weighted by molar-refractivity contribution is 0.153. The summed E-state index contributed by atoms with van der Waals surface area (Å²) in [4.78, 5) is 0. The lowest BCUT2D eigenvalue weighted by Crippen LogP contribution is -2.39. The van der Waals surface area contributed by atoms with Crippen molar-refractivity contribution in [2.45, 2.75) is 108 Å². The number of hydrogen-bond acceptors (Lipinski definition) is 2. The predicted octanol–water partition coefficient (Wildman–Crippen LogP) is 8.47. The molecular weight excluding hydrogens is 433 g/mol. The van der Waals surface area contributed by atoms with Gasteiger partial charge in [-0.15, -0.1) is 0 Å². The third kappa shape index (κ3) is 7.05. The second-order valence-corrected chi connectivity index (χ2v) is 11.0. The van der Waals surface area contributed by atoms with E-state index >= 15 is 4.39 Å². The summed E-state index contributed by atoms with van der Waals surface area (Å²) in [7, 11) is 0. The van der Waals surface area contributed by atoms with Gasteiger partial charge in [0.2, 0.25) is 0 Å². The third-order valence-electron chi connectivity index (χ3n) is 8.58. The second-order valence-electron chi connectivity index (χ2n) is 11.0. The Kier molecular flexibility index (Phi) is 9.57. The summed E-state index contributed by atoms with van der Waals surface area (Å²) >= 11 is 0. The molecule has 2 fully saturated rings. The van der Waals surface area contributed by atoms with Gasteiger partial charge in [0, 0.05) is 11.6 Å². The number of rotatable bonds is 10. The quantitative estimate of drug-likeness (QED) is 0.204. The molecule has 3 heteroatoms. The van der Waals surface area contributed by atoms with Gasteiger partial charge in [-0.05, 0) is 98.0 Å². The highest BCUT2D eigenvalue weighted by Crippen LogP contribution is 2.39. The van der Waals surface area contributed by atoms with Gasteiger partial charge in [-0.2, -0.15) is 0 Å². The van der Waals surface area contributed by atoms with Crippen LogP contribution in [-0.2, 0) is 0 Å². The summed E-state index contributed by atoms with van der Waals surface area (Å²) in [5.41, 5.74) is 4.19. The minimum Gasteiger partial charge on any atom is -0.375 e. The maximum absolute atomic E-state index is 15.2. The highest BCUT2D eigenvalue weighted by atomic mass is 19.1. The number of unbranched alkanes of at least 4 members (excludes halogenated alkanes) is 2. The highest BCUT2D eigenvalue weighted by Gasteiger charge is 2.24. The van der Waals surface area contributed by atoms with Crippen molar-refractivity contribution in [1.29, 1.82) is 0 Å². The van der Waals surface area contributed by atoms with Crippen LogP contribution in [0.3, 0.4) is 0 Å². The molecule has 2 aromatic carbocycles. The molecule has 0 radical (unpaired) electrons. The zero-order valence-corrected chi connectivity index (χ0v) is 21.5. The van der Waals surface area contributed by atoms with Crippen molar-refractivity contribution in [3.63, 3.8) is 0 Å². The van der Waals surface area contributed by atoms with Gasteiger partial charge in [0.05, 0.1) is 0 Å². The van der Waals surface area contributed by atoms with Crippen LogP contribution in [0, 0.1) is 11.7 Å². The van der Waals surface area contributed by atoms with Crippen LogP contribution in [0.2, 0.25) is 0 Å². The van der Waals surface area contributed by atoms with E-state index in [9.17, 15) is 5.11 Å². The lowest BCUT2D eigenvalue weighted by atomic mass is 9.77. The Bertz CT molecular complexity index is 923. The first-order valence-electron chi connectivity index (χ1n) is 14.0. The summed E-state index contributed by atoms with van der Waals surface area (Å²) in [6, 6.07) is 14.8. The molecule has 1 atom stereocenters. The van der Waals surface area contributed by atoms with E-state index in [-0.39, 0.29) is 5.82 Å². The monoisotopic (exact) mass is 477 g/mol. The number of halogens is 1. The molecule has 2 aliphatic carbocycles. The van der Waals surface area contributed by atoms with Gasteiger partial charge in [-0.1, -0.05) is 75.6 Å². The molecule has 0 saturated heterocycles. The smallest absolute Gasteiger partial charge is 0.131 e. The largest absolute Gasteiger partial charge is 0.375 e. The maximum Gasteiger partial charge on any atom is 0.131 e. The van der Waals surface area contributed by atoms with Crippen LogP contribution in [-0.4, -0.2) is 17.4 Å². The van der Waals surface area contributed by atoms with Crippen LogP contribution in [0.25, 0.3) is 11.1 Å². The molecule has 2 saturated carbocycles. The second kappa shape index (κ2) is 12.8. The number of hydrogen-bond donors (Lipinski definition) is 2. The molecule has 0 aliphatic heterocycles. The van der Waals surface area contributed by atoms with Crippen molar-refractivity contribution < 1.29 is 9.50 Å². The molecule has 2 nitrogen and oxygen atoms in total. The number of aliphatic hydroxyl groups excluding tert-OH is 1. The Morgan fingerprint density at radius 2 is 1.54 bits per heavy atom. The average molecular weight is 478 g/mol. The predicted molar refractivity (Wildman–Crippen MR) is 145 cm³/mol. The third-order valence-corrected chi connectivity index (χ3v) is 8.58. The van der Waals surface area contributed by atoms with Crippen molar-refractivity contribution in [2.24, 2.45) is 5.92 Å². The van der Waals surface area contributed by atoms with Gasteiger partial charge in [0.1, 0.15) is 12.0 Å². The maximum atomic E-state index is 15.2. The molecule has 0 heterocycles. The van der Waals surface area contributed by atoms with E-state index in [0.717, 1.165) is 37.2 Å².